The highest BCUT2D eigenvalue weighted by molar-refractivity contribution is 6.34. The van der Waals surface area contributed by atoms with E-state index >= 15 is 0 Å². The van der Waals surface area contributed by atoms with Crippen LogP contribution in [-0.4, -0.2) is 17.0 Å². The molecule has 1 aromatic rings. The van der Waals surface area contributed by atoms with Gasteiger partial charge in [-0.1, -0.05) is 11.6 Å². The van der Waals surface area contributed by atoms with Crippen LogP contribution < -0.4 is 5.32 Å². The molecule has 9 heteroatoms. The van der Waals surface area contributed by atoms with Gasteiger partial charge in [-0.05, 0) is 6.07 Å². The van der Waals surface area contributed by atoms with Gasteiger partial charge in [0.1, 0.15) is 0 Å². The number of benzene rings is 1. The number of hydrogen-bond acceptors (Lipinski definition) is 3. The van der Waals surface area contributed by atoms with E-state index in [1.807, 2.05) is 0 Å². The molecule has 17 heavy (non-hydrogen) atoms. The highest BCUT2D eigenvalue weighted by Gasteiger charge is 2.39. The predicted octanol–water partition coefficient (Wildman–Crippen LogP) is 2.75. The molecule has 0 aliphatic rings. The first-order chi connectivity index (χ1) is 7.71. The number of carbonyl (C=O) groups is 1. The van der Waals surface area contributed by atoms with E-state index < -0.39 is 17.0 Å². The van der Waals surface area contributed by atoms with Crippen LogP contribution in [0.1, 0.15) is 0 Å². The lowest BCUT2D eigenvalue weighted by molar-refractivity contribution is -0.384. The highest BCUT2D eigenvalue weighted by Crippen LogP contribution is 2.28. The van der Waals surface area contributed by atoms with Crippen molar-refractivity contribution in [3.63, 3.8) is 0 Å². The number of hydrogen-bond donors (Lipinski definition) is 1. The van der Waals surface area contributed by atoms with Crippen LogP contribution in [0.25, 0.3) is 0 Å². The average molecular weight is 269 g/mol. The Morgan fingerprint density at radius 1 is 1.41 bits per heavy atom. The summed E-state index contributed by atoms with van der Waals surface area (Å²) in [7, 11) is 0. The summed E-state index contributed by atoms with van der Waals surface area (Å²) < 4.78 is 35.7. The van der Waals surface area contributed by atoms with Gasteiger partial charge in [-0.25, -0.2) is 0 Å². The summed E-state index contributed by atoms with van der Waals surface area (Å²) >= 11 is 5.48. The largest absolute Gasteiger partial charge is 0.471 e. The molecule has 0 fully saturated rings. The molecular weight excluding hydrogens is 265 g/mol. The Labute approximate surface area is 97.3 Å². The van der Waals surface area contributed by atoms with Gasteiger partial charge in [0, 0.05) is 12.1 Å². The number of nitrogens with zero attached hydrogens (tertiary/aromatic N) is 1. The molecule has 0 radical (unpaired) electrons. The number of alkyl halides is 3. The van der Waals surface area contributed by atoms with E-state index in [2.05, 4.69) is 0 Å². The topological polar surface area (TPSA) is 72.2 Å². The highest BCUT2D eigenvalue weighted by atomic mass is 35.5. The first-order valence-corrected chi connectivity index (χ1v) is 4.41. The Morgan fingerprint density at radius 3 is 2.41 bits per heavy atom. The van der Waals surface area contributed by atoms with Crippen LogP contribution in [0.3, 0.4) is 0 Å². The van der Waals surface area contributed by atoms with Gasteiger partial charge in [-0.2, -0.15) is 13.2 Å². The second kappa shape index (κ2) is 4.58. The zero-order valence-corrected chi connectivity index (χ0v) is 8.67. The Morgan fingerprint density at radius 2 is 2.00 bits per heavy atom. The van der Waals surface area contributed by atoms with Crippen LogP contribution in [0.4, 0.5) is 24.5 Å². The van der Waals surface area contributed by atoms with Gasteiger partial charge in [-0.15, -0.1) is 0 Å². The number of rotatable bonds is 2. The van der Waals surface area contributed by atoms with E-state index in [4.69, 9.17) is 11.6 Å². The van der Waals surface area contributed by atoms with Crippen LogP contribution in [0.5, 0.6) is 0 Å². The molecule has 0 aromatic heterocycles. The Hall–Kier alpha value is -1.83. The predicted molar refractivity (Wildman–Crippen MR) is 52.8 cm³/mol. The number of amides is 1. The summed E-state index contributed by atoms with van der Waals surface area (Å²) in [6, 6.07) is 2.69. The van der Waals surface area contributed by atoms with E-state index in [0.29, 0.717) is 0 Å². The summed E-state index contributed by atoms with van der Waals surface area (Å²) in [6.07, 6.45) is -5.05. The fraction of sp³-hybridized carbons (Fsp3) is 0.125. The van der Waals surface area contributed by atoms with Gasteiger partial charge in [0.05, 0.1) is 15.6 Å². The first kappa shape index (κ1) is 13.2. The van der Waals surface area contributed by atoms with Crippen molar-refractivity contribution in [2.75, 3.05) is 5.32 Å². The Balaban J connectivity index is 2.95. The molecule has 0 saturated heterocycles. The molecule has 0 unspecified atom stereocenters. The normalized spacial score (nSPS) is 11.1. The molecule has 0 saturated carbocycles. The maximum atomic E-state index is 11.9. The van der Waals surface area contributed by atoms with Crippen molar-refractivity contribution in [3.8, 4) is 0 Å². The van der Waals surface area contributed by atoms with Crippen molar-refractivity contribution in [1.82, 2.24) is 0 Å². The van der Waals surface area contributed by atoms with Gasteiger partial charge >= 0.3 is 12.1 Å². The quantitative estimate of drug-likeness (QED) is 0.662. The number of nitro groups is 1. The minimum absolute atomic E-state index is 0.348. The summed E-state index contributed by atoms with van der Waals surface area (Å²) in [6.45, 7) is 0. The number of nitrogens with one attached hydrogen (secondary N) is 1. The van der Waals surface area contributed by atoms with E-state index in [1.165, 1.54) is 5.32 Å². The standard InChI is InChI=1S/C8H4ClF3N2O3/c9-5-3-4(14(16)17)1-2-6(5)13-7(15)8(10,11)12/h1-3H,(H,13,15). The molecule has 0 aliphatic heterocycles. The van der Waals surface area contributed by atoms with Gasteiger partial charge < -0.3 is 5.32 Å². The molecule has 92 valence electrons. The molecule has 1 amide bonds. The van der Waals surface area contributed by atoms with Crippen LogP contribution in [0, 0.1) is 10.1 Å². The van der Waals surface area contributed by atoms with Crippen molar-refractivity contribution in [2.24, 2.45) is 0 Å². The fourth-order valence-corrected chi connectivity index (χ4v) is 1.13. The second-order valence-corrected chi connectivity index (χ2v) is 3.28. The molecule has 1 N–H and O–H groups in total. The monoisotopic (exact) mass is 268 g/mol. The molecule has 5 nitrogen and oxygen atoms in total. The maximum Gasteiger partial charge on any atom is 0.471 e. The fourth-order valence-electron chi connectivity index (χ4n) is 0.912. The summed E-state index contributed by atoms with van der Waals surface area (Å²) in [5.41, 5.74) is -0.736. The van der Waals surface area contributed by atoms with Gasteiger partial charge in [0.15, 0.2) is 0 Å². The number of halogens is 4. The van der Waals surface area contributed by atoms with Crippen molar-refractivity contribution in [2.45, 2.75) is 6.18 Å². The summed E-state index contributed by atoms with van der Waals surface area (Å²) in [5, 5.41) is 11.5. The first-order valence-electron chi connectivity index (χ1n) is 4.04. The van der Waals surface area contributed by atoms with E-state index in [1.54, 1.807) is 0 Å². The maximum absolute atomic E-state index is 11.9. The number of anilines is 1. The molecule has 0 atom stereocenters. The van der Waals surface area contributed by atoms with E-state index in [-0.39, 0.29) is 16.4 Å². The van der Waals surface area contributed by atoms with Gasteiger partial charge in [0.2, 0.25) is 0 Å². The van der Waals surface area contributed by atoms with Gasteiger partial charge in [0.25, 0.3) is 5.69 Å². The van der Waals surface area contributed by atoms with Crippen molar-refractivity contribution < 1.29 is 22.9 Å². The molecular formula is C8H4ClF3N2O3. The molecule has 0 spiro atoms. The second-order valence-electron chi connectivity index (χ2n) is 2.87. The zero-order chi connectivity index (χ0) is 13.2. The Kier molecular flexibility index (Phi) is 3.56. The Bertz CT molecular complexity index is 476. The van der Waals surface area contributed by atoms with Gasteiger partial charge in [-0.3, -0.25) is 14.9 Å². The minimum atomic E-state index is -5.05. The third-order valence-corrected chi connectivity index (χ3v) is 1.98. The summed E-state index contributed by atoms with van der Waals surface area (Å²) in [5.74, 6) is -2.20. The van der Waals surface area contributed by atoms with Crippen LogP contribution in [0.15, 0.2) is 18.2 Å². The summed E-state index contributed by atoms with van der Waals surface area (Å²) in [4.78, 5) is 20.1. The lowest BCUT2D eigenvalue weighted by atomic mass is 10.3. The number of nitro benzene ring substituents is 1. The van der Waals surface area contributed by atoms with Crippen LogP contribution in [-0.2, 0) is 4.79 Å². The molecule has 1 rings (SSSR count). The van der Waals surface area contributed by atoms with Crippen LogP contribution >= 0.6 is 11.6 Å². The molecule has 0 aliphatic carbocycles. The smallest absolute Gasteiger partial charge is 0.317 e. The SMILES string of the molecule is O=C(Nc1ccc([N+](=O)[O-])cc1Cl)C(F)(F)F. The average Bonchev–Trinajstić information content (AvgIpc) is 2.19. The lowest BCUT2D eigenvalue weighted by Crippen LogP contribution is -2.30. The number of non-ortho nitro benzene ring substituents is 1. The minimum Gasteiger partial charge on any atom is -0.317 e. The van der Waals surface area contributed by atoms with Crippen molar-refractivity contribution >= 4 is 28.9 Å². The number of carbonyl (C=O) groups excluding carboxylic acids is 1. The van der Waals surface area contributed by atoms with E-state index in [0.717, 1.165) is 18.2 Å². The zero-order valence-electron chi connectivity index (χ0n) is 7.92. The molecule has 0 bridgehead atoms. The van der Waals surface area contributed by atoms with Crippen molar-refractivity contribution in [1.29, 1.82) is 0 Å². The third-order valence-electron chi connectivity index (χ3n) is 1.67. The van der Waals surface area contributed by atoms with Crippen molar-refractivity contribution in [3.05, 3.63) is 33.3 Å². The van der Waals surface area contributed by atoms with E-state index in [9.17, 15) is 28.1 Å². The molecule has 1 aromatic carbocycles. The lowest BCUT2D eigenvalue weighted by Gasteiger charge is -2.08. The third kappa shape index (κ3) is 3.31. The molecule has 0 heterocycles. The van der Waals surface area contributed by atoms with Crippen LogP contribution in [0.2, 0.25) is 5.02 Å².